The van der Waals surface area contributed by atoms with Crippen molar-refractivity contribution >= 4 is 17.3 Å². The Morgan fingerprint density at radius 3 is 2.43 bits per heavy atom. The van der Waals surface area contributed by atoms with Gasteiger partial charge in [0.15, 0.2) is 0 Å². The third kappa shape index (κ3) is 4.58. The lowest BCUT2D eigenvalue weighted by atomic mass is 10.1. The molecule has 2 aromatic carbocycles. The van der Waals surface area contributed by atoms with E-state index in [1.54, 1.807) is 12.1 Å². The average Bonchev–Trinajstić information content (AvgIpc) is 2.98. The van der Waals surface area contributed by atoms with Gasteiger partial charge in [0.1, 0.15) is 5.76 Å². The maximum Gasteiger partial charge on any atom is 0.273 e. The highest BCUT2D eigenvalue weighted by Crippen LogP contribution is 2.28. The Hall–Kier alpha value is -2.70. The summed E-state index contributed by atoms with van der Waals surface area (Å²) >= 11 is 6.02. The summed E-state index contributed by atoms with van der Waals surface area (Å²) in [5, 5.41) is 12.1. The van der Waals surface area contributed by atoms with Crippen molar-refractivity contribution in [2.45, 2.75) is 39.9 Å². The molecule has 0 saturated carbocycles. The number of hydrogen-bond donors (Lipinski definition) is 0. The molecule has 3 aromatic rings. The zero-order valence-corrected chi connectivity index (χ0v) is 16.8. The number of para-hydroxylation sites is 1. The minimum atomic E-state index is -0.347. The number of benzene rings is 2. The topological polar surface area (TPSA) is 72.4 Å². The molecular formula is C21H22ClN3O3. The number of nitro benzene ring substituents is 1. The van der Waals surface area contributed by atoms with Gasteiger partial charge in [0, 0.05) is 29.2 Å². The minimum Gasteiger partial charge on any atom is -0.444 e. The van der Waals surface area contributed by atoms with Crippen molar-refractivity contribution < 1.29 is 9.34 Å². The van der Waals surface area contributed by atoms with Crippen LogP contribution in [0.2, 0.25) is 5.02 Å². The van der Waals surface area contributed by atoms with Gasteiger partial charge < -0.3 is 4.42 Å². The lowest BCUT2D eigenvalue weighted by Gasteiger charge is -2.28. The van der Waals surface area contributed by atoms with Crippen molar-refractivity contribution in [2.75, 3.05) is 0 Å². The maximum atomic E-state index is 11.4. The second kappa shape index (κ2) is 8.54. The van der Waals surface area contributed by atoms with E-state index >= 15 is 0 Å². The molecule has 0 saturated heterocycles. The Morgan fingerprint density at radius 1 is 1.14 bits per heavy atom. The Balaban J connectivity index is 1.94. The van der Waals surface area contributed by atoms with Crippen molar-refractivity contribution in [1.29, 1.82) is 0 Å². The van der Waals surface area contributed by atoms with E-state index in [2.05, 4.69) is 16.8 Å². The van der Waals surface area contributed by atoms with Crippen molar-refractivity contribution in [3.8, 4) is 0 Å². The van der Waals surface area contributed by atoms with Gasteiger partial charge in [0.2, 0.25) is 5.89 Å². The molecule has 0 fully saturated rings. The molecule has 0 aliphatic heterocycles. The summed E-state index contributed by atoms with van der Waals surface area (Å²) in [4.78, 5) is 17.7. The molecule has 146 valence electrons. The van der Waals surface area contributed by atoms with E-state index < -0.39 is 0 Å². The average molecular weight is 400 g/mol. The third-order valence-corrected chi connectivity index (χ3v) is 5.13. The predicted octanol–water partition coefficient (Wildman–Crippen LogP) is 5.62. The second-order valence-corrected chi connectivity index (χ2v) is 7.20. The van der Waals surface area contributed by atoms with Crippen molar-refractivity contribution in [2.24, 2.45) is 0 Å². The highest BCUT2D eigenvalue weighted by molar-refractivity contribution is 6.30. The summed E-state index contributed by atoms with van der Waals surface area (Å²) in [5.74, 6) is 1.37. The molecule has 1 atom stereocenters. The lowest BCUT2D eigenvalue weighted by molar-refractivity contribution is -0.385. The number of hydrogen-bond acceptors (Lipinski definition) is 5. The van der Waals surface area contributed by atoms with Gasteiger partial charge in [-0.2, -0.15) is 0 Å². The van der Waals surface area contributed by atoms with E-state index in [1.165, 1.54) is 6.07 Å². The van der Waals surface area contributed by atoms with Crippen molar-refractivity contribution in [3.05, 3.63) is 92.1 Å². The fourth-order valence-electron chi connectivity index (χ4n) is 3.10. The van der Waals surface area contributed by atoms with Crippen LogP contribution in [0.25, 0.3) is 0 Å². The first kappa shape index (κ1) is 20.0. The summed E-state index contributed by atoms with van der Waals surface area (Å²) in [7, 11) is 0. The predicted molar refractivity (Wildman–Crippen MR) is 108 cm³/mol. The van der Waals surface area contributed by atoms with Gasteiger partial charge in [0.05, 0.1) is 17.2 Å². The zero-order chi connectivity index (χ0) is 20.3. The highest BCUT2D eigenvalue weighted by atomic mass is 35.5. The minimum absolute atomic E-state index is 0.0235. The summed E-state index contributed by atoms with van der Waals surface area (Å²) < 4.78 is 5.76. The molecule has 0 amide bonds. The first-order chi connectivity index (χ1) is 13.3. The highest BCUT2D eigenvalue weighted by Gasteiger charge is 2.23. The van der Waals surface area contributed by atoms with Crippen LogP contribution in [0.1, 0.15) is 41.4 Å². The van der Waals surface area contributed by atoms with E-state index in [-0.39, 0.29) is 16.7 Å². The molecule has 0 N–H and O–H groups in total. The number of rotatable bonds is 7. The van der Waals surface area contributed by atoms with E-state index in [0.717, 1.165) is 17.0 Å². The number of halogens is 1. The van der Waals surface area contributed by atoms with E-state index in [9.17, 15) is 10.1 Å². The first-order valence-corrected chi connectivity index (χ1v) is 9.37. The van der Waals surface area contributed by atoms with Crippen molar-refractivity contribution in [1.82, 2.24) is 9.88 Å². The monoisotopic (exact) mass is 399 g/mol. The smallest absolute Gasteiger partial charge is 0.273 e. The van der Waals surface area contributed by atoms with Crippen molar-refractivity contribution in [3.63, 3.8) is 0 Å². The molecule has 1 aromatic heterocycles. The zero-order valence-electron chi connectivity index (χ0n) is 16.1. The first-order valence-electron chi connectivity index (χ1n) is 9.00. The number of aromatic nitrogens is 1. The van der Waals surface area contributed by atoms with Crippen LogP contribution in [0.3, 0.4) is 0 Å². The van der Waals surface area contributed by atoms with Crippen LogP contribution in [0.4, 0.5) is 5.69 Å². The maximum absolute atomic E-state index is 11.4. The number of nitro groups is 1. The molecule has 0 spiro atoms. The Bertz CT molecular complexity index is 950. The quantitative estimate of drug-likeness (QED) is 0.381. The molecule has 0 radical (unpaired) electrons. The molecule has 7 heteroatoms. The molecule has 0 unspecified atom stereocenters. The van der Waals surface area contributed by atoms with E-state index in [4.69, 9.17) is 16.0 Å². The van der Waals surface area contributed by atoms with Gasteiger partial charge in [-0.3, -0.25) is 15.0 Å². The normalized spacial score (nSPS) is 12.3. The van der Waals surface area contributed by atoms with E-state index in [1.807, 2.05) is 44.2 Å². The van der Waals surface area contributed by atoms with Gasteiger partial charge in [-0.1, -0.05) is 41.9 Å². The fraction of sp³-hybridized carbons (Fsp3) is 0.286. The summed E-state index contributed by atoms with van der Waals surface area (Å²) in [6.07, 6.45) is 0. The molecule has 3 rings (SSSR count). The molecule has 6 nitrogen and oxygen atoms in total. The van der Waals surface area contributed by atoms with Gasteiger partial charge >= 0.3 is 0 Å². The van der Waals surface area contributed by atoms with E-state index in [0.29, 0.717) is 29.6 Å². The van der Waals surface area contributed by atoms with Crippen LogP contribution in [-0.2, 0) is 13.1 Å². The van der Waals surface area contributed by atoms with Crippen LogP contribution in [0.15, 0.2) is 52.9 Å². The number of aryl methyl sites for hydroxylation is 2. The fourth-order valence-corrected chi connectivity index (χ4v) is 3.23. The third-order valence-electron chi connectivity index (χ3n) is 4.87. The van der Waals surface area contributed by atoms with Crippen LogP contribution in [0, 0.1) is 24.0 Å². The molecule has 0 bridgehead atoms. The standard InChI is InChI=1S/C21H22ClN3O3/c1-14-16(3)28-21(23-14)13-24(15(2)17-8-10-19(22)11-9-17)12-18-6-4-5-7-20(18)25(26)27/h4-11,15H,12-13H2,1-3H3/t15-/m1/s1. The van der Waals surface area contributed by atoms with Gasteiger partial charge in [-0.15, -0.1) is 0 Å². The molecule has 28 heavy (non-hydrogen) atoms. The summed E-state index contributed by atoms with van der Waals surface area (Å²) in [6, 6.07) is 14.4. The largest absolute Gasteiger partial charge is 0.444 e. The molecule has 0 aliphatic rings. The second-order valence-electron chi connectivity index (χ2n) is 6.77. The molecular weight excluding hydrogens is 378 g/mol. The Labute approximate surface area is 168 Å². The van der Waals surface area contributed by atoms with Gasteiger partial charge in [-0.25, -0.2) is 4.98 Å². The summed E-state index contributed by atoms with van der Waals surface area (Å²) in [6.45, 7) is 6.66. The Kier molecular flexibility index (Phi) is 6.11. The van der Waals surface area contributed by atoms with Gasteiger partial charge in [-0.05, 0) is 38.5 Å². The SMILES string of the molecule is Cc1nc(CN(Cc2ccccc2[N+](=O)[O-])[C@H](C)c2ccc(Cl)cc2)oc1C. The number of nitrogens with zero attached hydrogens (tertiary/aromatic N) is 3. The van der Waals surface area contributed by atoms with Crippen LogP contribution in [0.5, 0.6) is 0 Å². The van der Waals surface area contributed by atoms with Crippen LogP contribution >= 0.6 is 11.6 Å². The molecule has 0 aliphatic carbocycles. The van der Waals surface area contributed by atoms with Crippen LogP contribution < -0.4 is 0 Å². The van der Waals surface area contributed by atoms with Crippen LogP contribution in [-0.4, -0.2) is 14.8 Å². The summed E-state index contributed by atoms with van der Waals surface area (Å²) in [5.41, 5.74) is 2.66. The van der Waals surface area contributed by atoms with Gasteiger partial charge in [0.25, 0.3) is 5.69 Å². The molecule has 1 heterocycles. The lowest BCUT2D eigenvalue weighted by Crippen LogP contribution is -2.27. The number of oxazole rings is 1. The Morgan fingerprint density at radius 2 is 1.82 bits per heavy atom.